The molecular weight excluding hydrogens is 344 g/mol. The van der Waals surface area contributed by atoms with Crippen molar-refractivity contribution in [2.45, 2.75) is 39.5 Å². The molecule has 0 spiro atoms. The molecule has 0 aliphatic carbocycles. The second kappa shape index (κ2) is 8.71. The standard InChI is InChI=1S/C22H24O5/c1-3-5-13-25-21(23)17-11-7-9-15-16-10-8-12-18(20(16)27-19(15)17)22(24)26-14-6-4-2/h7-12H,3-6,13-14H2,1-2H3. The van der Waals surface area contributed by atoms with Crippen LogP contribution in [-0.4, -0.2) is 25.2 Å². The Morgan fingerprint density at radius 3 is 1.63 bits per heavy atom. The van der Waals surface area contributed by atoms with Crippen LogP contribution in [0, 0.1) is 0 Å². The first-order valence-electron chi connectivity index (χ1n) is 9.45. The summed E-state index contributed by atoms with van der Waals surface area (Å²) in [6.07, 6.45) is 3.53. The third kappa shape index (κ3) is 3.97. The molecule has 0 fully saturated rings. The van der Waals surface area contributed by atoms with Gasteiger partial charge in [0.2, 0.25) is 0 Å². The summed E-state index contributed by atoms with van der Waals surface area (Å²) >= 11 is 0. The number of carbonyl (C=O) groups excluding carboxylic acids is 2. The van der Waals surface area contributed by atoms with E-state index in [4.69, 9.17) is 13.9 Å². The van der Waals surface area contributed by atoms with Gasteiger partial charge in [0, 0.05) is 10.8 Å². The van der Waals surface area contributed by atoms with Crippen molar-refractivity contribution in [1.29, 1.82) is 0 Å². The molecule has 0 saturated carbocycles. The van der Waals surface area contributed by atoms with Crippen LogP contribution in [0.2, 0.25) is 0 Å². The molecule has 0 N–H and O–H groups in total. The van der Waals surface area contributed by atoms with Crippen molar-refractivity contribution < 1.29 is 23.5 Å². The maximum Gasteiger partial charge on any atom is 0.341 e. The van der Waals surface area contributed by atoms with Crippen molar-refractivity contribution in [3.8, 4) is 0 Å². The summed E-state index contributed by atoms with van der Waals surface area (Å²) in [6, 6.07) is 10.7. The molecule has 0 bridgehead atoms. The van der Waals surface area contributed by atoms with Gasteiger partial charge in [-0.15, -0.1) is 0 Å². The fraction of sp³-hybridized carbons (Fsp3) is 0.364. The molecule has 1 heterocycles. The Hall–Kier alpha value is -2.82. The number of benzene rings is 2. The number of esters is 2. The predicted octanol–water partition coefficient (Wildman–Crippen LogP) is 5.50. The highest BCUT2D eigenvalue weighted by molar-refractivity contribution is 6.15. The largest absolute Gasteiger partial charge is 0.462 e. The maximum atomic E-state index is 12.4. The van der Waals surface area contributed by atoms with E-state index >= 15 is 0 Å². The van der Waals surface area contributed by atoms with E-state index in [0.29, 0.717) is 35.5 Å². The molecule has 0 unspecified atom stereocenters. The van der Waals surface area contributed by atoms with Gasteiger partial charge < -0.3 is 13.9 Å². The minimum absolute atomic E-state index is 0.366. The fourth-order valence-corrected chi connectivity index (χ4v) is 2.92. The summed E-state index contributed by atoms with van der Waals surface area (Å²) < 4.78 is 16.6. The van der Waals surface area contributed by atoms with Crippen LogP contribution in [0.3, 0.4) is 0 Å². The lowest BCUT2D eigenvalue weighted by Crippen LogP contribution is -2.06. The summed E-state index contributed by atoms with van der Waals surface area (Å²) in [5.41, 5.74) is 1.60. The van der Waals surface area contributed by atoms with Crippen LogP contribution < -0.4 is 0 Å². The number of para-hydroxylation sites is 2. The van der Waals surface area contributed by atoms with Gasteiger partial charge >= 0.3 is 11.9 Å². The SMILES string of the molecule is CCCCOC(=O)c1cccc2c1oc1c(C(=O)OCCCC)cccc12. The first kappa shape index (κ1) is 19.0. The van der Waals surface area contributed by atoms with Crippen molar-refractivity contribution in [1.82, 2.24) is 0 Å². The Balaban J connectivity index is 2.00. The van der Waals surface area contributed by atoms with Crippen LogP contribution in [0.5, 0.6) is 0 Å². The molecule has 5 heteroatoms. The Bertz CT molecular complexity index is 878. The van der Waals surface area contributed by atoms with Crippen LogP contribution in [0.25, 0.3) is 21.9 Å². The van der Waals surface area contributed by atoms with Gasteiger partial charge in [-0.3, -0.25) is 0 Å². The molecule has 0 aliphatic heterocycles. The molecule has 142 valence electrons. The van der Waals surface area contributed by atoms with Gasteiger partial charge in [-0.1, -0.05) is 51.0 Å². The second-order valence-corrected chi connectivity index (χ2v) is 6.45. The van der Waals surface area contributed by atoms with Gasteiger partial charge in [0.1, 0.15) is 22.3 Å². The fourth-order valence-electron chi connectivity index (χ4n) is 2.92. The Kier molecular flexibility index (Phi) is 6.12. The Morgan fingerprint density at radius 1 is 0.778 bits per heavy atom. The second-order valence-electron chi connectivity index (χ2n) is 6.45. The smallest absolute Gasteiger partial charge is 0.341 e. The van der Waals surface area contributed by atoms with E-state index in [1.807, 2.05) is 26.0 Å². The number of unbranched alkanes of at least 4 members (excludes halogenated alkanes) is 2. The average molecular weight is 368 g/mol. The van der Waals surface area contributed by atoms with Crippen LogP contribution in [0.15, 0.2) is 40.8 Å². The third-order valence-corrected chi connectivity index (χ3v) is 4.43. The number of fused-ring (bicyclic) bond motifs is 3. The van der Waals surface area contributed by atoms with Crippen LogP contribution in [-0.2, 0) is 9.47 Å². The van der Waals surface area contributed by atoms with Gasteiger partial charge in [0.15, 0.2) is 0 Å². The van der Waals surface area contributed by atoms with Crippen LogP contribution in [0.4, 0.5) is 0 Å². The Morgan fingerprint density at radius 2 is 1.22 bits per heavy atom. The lowest BCUT2D eigenvalue weighted by molar-refractivity contribution is 0.0493. The molecule has 1 aromatic heterocycles. The van der Waals surface area contributed by atoms with Gasteiger partial charge in [0.05, 0.1) is 13.2 Å². The summed E-state index contributed by atoms with van der Waals surface area (Å²) in [7, 11) is 0. The third-order valence-electron chi connectivity index (χ3n) is 4.43. The average Bonchev–Trinajstić information content (AvgIpc) is 3.07. The molecule has 2 aromatic carbocycles. The number of ether oxygens (including phenoxy) is 2. The number of furan rings is 1. The van der Waals surface area contributed by atoms with Crippen molar-refractivity contribution in [2.24, 2.45) is 0 Å². The molecular formula is C22H24O5. The molecule has 0 radical (unpaired) electrons. The molecule has 27 heavy (non-hydrogen) atoms. The van der Waals surface area contributed by atoms with Gasteiger partial charge in [-0.2, -0.15) is 0 Å². The summed E-state index contributed by atoms with van der Waals surface area (Å²) in [6.45, 7) is 4.83. The highest BCUT2D eigenvalue weighted by atomic mass is 16.5. The first-order chi connectivity index (χ1) is 13.2. The van der Waals surface area contributed by atoms with E-state index in [1.165, 1.54) is 0 Å². The number of rotatable bonds is 8. The van der Waals surface area contributed by atoms with E-state index in [-0.39, 0.29) is 0 Å². The molecule has 5 nitrogen and oxygen atoms in total. The zero-order chi connectivity index (χ0) is 19.2. The normalized spacial score (nSPS) is 11.0. The summed E-state index contributed by atoms with van der Waals surface area (Å²) in [5.74, 6) is -0.833. The van der Waals surface area contributed by atoms with E-state index in [0.717, 1.165) is 36.5 Å². The van der Waals surface area contributed by atoms with E-state index < -0.39 is 11.9 Å². The molecule has 0 aliphatic rings. The molecule has 3 aromatic rings. The number of hydrogen-bond acceptors (Lipinski definition) is 5. The minimum atomic E-state index is -0.417. The number of hydrogen-bond donors (Lipinski definition) is 0. The summed E-state index contributed by atoms with van der Waals surface area (Å²) in [5, 5.41) is 1.55. The maximum absolute atomic E-state index is 12.4. The topological polar surface area (TPSA) is 65.7 Å². The minimum Gasteiger partial charge on any atom is -0.462 e. The monoisotopic (exact) mass is 368 g/mol. The van der Waals surface area contributed by atoms with Crippen molar-refractivity contribution in [3.63, 3.8) is 0 Å². The summed E-state index contributed by atoms with van der Waals surface area (Å²) in [4.78, 5) is 24.9. The quantitative estimate of drug-likeness (QED) is 0.388. The molecule has 0 saturated heterocycles. The van der Waals surface area contributed by atoms with Crippen LogP contribution in [0.1, 0.15) is 60.2 Å². The van der Waals surface area contributed by atoms with Gasteiger partial charge in [-0.05, 0) is 25.0 Å². The van der Waals surface area contributed by atoms with E-state index in [1.54, 1.807) is 24.3 Å². The highest BCUT2D eigenvalue weighted by Crippen LogP contribution is 2.33. The molecule has 0 amide bonds. The first-order valence-corrected chi connectivity index (χ1v) is 9.45. The molecule has 0 atom stereocenters. The Labute approximate surface area is 158 Å². The van der Waals surface area contributed by atoms with Gasteiger partial charge in [0.25, 0.3) is 0 Å². The number of carbonyl (C=O) groups is 2. The van der Waals surface area contributed by atoms with E-state index in [9.17, 15) is 9.59 Å². The highest BCUT2D eigenvalue weighted by Gasteiger charge is 2.21. The zero-order valence-electron chi connectivity index (χ0n) is 15.7. The van der Waals surface area contributed by atoms with Gasteiger partial charge in [-0.25, -0.2) is 9.59 Å². The van der Waals surface area contributed by atoms with E-state index in [2.05, 4.69) is 0 Å². The lowest BCUT2D eigenvalue weighted by Gasteiger charge is -2.04. The van der Waals surface area contributed by atoms with Crippen LogP contribution >= 0.6 is 0 Å². The molecule has 3 rings (SSSR count). The lowest BCUT2D eigenvalue weighted by atomic mass is 10.1. The zero-order valence-corrected chi connectivity index (χ0v) is 15.7. The van der Waals surface area contributed by atoms with Crippen molar-refractivity contribution >= 4 is 33.9 Å². The van der Waals surface area contributed by atoms with Crippen molar-refractivity contribution in [3.05, 3.63) is 47.5 Å². The van der Waals surface area contributed by atoms with Crippen molar-refractivity contribution in [2.75, 3.05) is 13.2 Å². The predicted molar refractivity (Wildman–Crippen MR) is 104 cm³/mol.